The van der Waals surface area contributed by atoms with Crippen molar-refractivity contribution >= 4 is 46.4 Å². The van der Waals surface area contributed by atoms with Crippen LogP contribution in [0.2, 0.25) is 0 Å². The van der Waals surface area contributed by atoms with E-state index in [1.165, 1.54) is 0 Å². The number of nitrogens with two attached hydrogens (primary N) is 3. The largest absolute Gasteiger partial charge is 0.480 e. The molecule has 11 N–H and O–H groups in total. The number of rotatable bonds is 13. The number of carboxylic acids is 1. The normalized spacial score (nSPS) is 13.3. The van der Waals surface area contributed by atoms with Gasteiger partial charge in [-0.15, -0.1) is 0 Å². The van der Waals surface area contributed by atoms with Crippen molar-refractivity contribution in [2.24, 2.45) is 17.2 Å². The van der Waals surface area contributed by atoms with E-state index in [-0.39, 0.29) is 6.42 Å². The summed E-state index contributed by atoms with van der Waals surface area (Å²) in [5, 5.41) is 16.8. The molecular weight excluding hydrogens is 462 g/mol. The molecule has 35 heavy (non-hydrogen) atoms. The second-order valence-electron chi connectivity index (χ2n) is 7.69. The van der Waals surface area contributed by atoms with Crippen molar-refractivity contribution in [3.8, 4) is 0 Å². The van der Waals surface area contributed by atoms with Crippen molar-refractivity contribution in [3.63, 3.8) is 0 Å². The molecular formula is C21H27N7O7. The molecule has 0 saturated carbocycles. The Morgan fingerprint density at radius 1 is 0.857 bits per heavy atom. The van der Waals surface area contributed by atoms with E-state index < -0.39 is 73.0 Å². The first kappa shape index (κ1) is 26.8. The van der Waals surface area contributed by atoms with Crippen LogP contribution in [0.25, 0.3) is 10.9 Å². The van der Waals surface area contributed by atoms with Crippen LogP contribution >= 0.6 is 0 Å². The summed E-state index contributed by atoms with van der Waals surface area (Å²) < 4.78 is 0. The third kappa shape index (κ3) is 7.82. The number of para-hydroxylation sites is 1. The molecule has 0 aliphatic heterocycles. The lowest BCUT2D eigenvalue weighted by atomic mass is 10.0. The Kier molecular flexibility index (Phi) is 9.28. The van der Waals surface area contributed by atoms with Crippen LogP contribution in [0.3, 0.4) is 0 Å². The van der Waals surface area contributed by atoms with Crippen molar-refractivity contribution in [2.75, 3.05) is 6.54 Å². The van der Waals surface area contributed by atoms with Gasteiger partial charge in [0.2, 0.25) is 29.5 Å². The molecule has 3 unspecified atom stereocenters. The molecule has 0 fully saturated rings. The lowest BCUT2D eigenvalue weighted by Crippen LogP contribution is -2.57. The molecule has 0 radical (unpaired) electrons. The van der Waals surface area contributed by atoms with E-state index in [1.54, 1.807) is 12.3 Å². The molecule has 2 rings (SSSR count). The van der Waals surface area contributed by atoms with E-state index in [0.717, 1.165) is 10.9 Å². The first-order chi connectivity index (χ1) is 16.5. The second kappa shape index (κ2) is 12.1. The van der Waals surface area contributed by atoms with Gasteiger partial charge < -0.3 is 43.2 Å². The van der Waals surface area contributed by atoms with E-state index in [2.05, 4.69) is 15.6 Å². The molecule has 3 atom stereocenters. The number of carboxylic acid groups (broad SMARTS) is 1. The number of hydrogen-bond donors (Lipinski definition) is 8. The molecule has 2 aromatic rings. The molecule has 1 aromatic heterocycles. The van der Waals surface area contributed by atoms with Crippen molar-refractivity contribution in [1.82, 2.24) is 20.9 Å². The summed E-state index contributed by atoms with van der Waals surface area (Å²) >= 11 is 0. The number of amides is 5. The number of aromatic amines is 1. The van der Waals surface area contributed by atoms with E-state index in [9.17, 15) is 33.9 Å². The Hall–Kier alpha value is -4.46. The highest BCUT2D eigenvalue weighted by Gasteiger charge is 2.31. The number of carbonyl (C=O) groups excluding carboxylic acids is 5. The first-order valence-corrected chi connectivity index (χ1v) is 10.5. The van der Waals surface area contributed by atoms with Gasteiger partial charge in [-0.05, 0) is 11.6 Å². The van der Waals surface area contributed by atoms with Gasteiger partial charge in [-0.3, -0.25) is 24.0 Å². The summed E-state index contributed by atoms with van der Waals surface area (Å²) in [5.74, 6) is -6.08. The van der Waals surface area contributed by atoms with Crippen LogP contribution in [0.15, 0.2) is 30.5 Å². The molecule has 0 aliphatic rings. The molecule has 14 heteroatoms. The van der Waals surface area contributed by atoms with Gasteiger partial charge in [-0.2, -0.15) is 0 Å². The van der Waals surface area contributed by atoms with Gasteiger partial charge in [0.25, 0.3) is 0 Å². The topological polar surface area (TPSA) is 253 Å². The fourth-order valence-corrected chi connectivity index (χ4v) is 3.34. The minimum absolute atomic E-state index is 0.00588. The van der Waals surface area contributed by atoms with Crippen LogP contribution in [0.5, 0.6) is 0 Å². The standard InChI is InChI=1S/C21H27N7O7/c22-8-18(31)26-13(5-10-9-25-12-4-2-1-3-11(10)12)19(32)27-14(6-16(23)29)20(33)28-15(21(34)35)7-17(24)30/h1-4,9,13-15,25H,5-8,22H2,(H2,23,29)(H2,24,30)(H,26,31)(H,27,32)(H,28,33)(H,34,35). The molecule has 0 bridgehead atoms. The second-order valence-corrected chi connectivity index (χ2v) is 7.69. The zero-order valence-electron chi connectivity index (χ0n) is 18.6. The van der Waals surface area contributed by atoms with Crippen LogP contribution in [0.1, 0.15) is 18.4 Å². The van der Waals surface area contributed by atoms with Gasteiger partial charge >= 0.3 is 5.97 Å². The van der Waals surface area contributed by atoms with Crippen molar-refractivity contribution in [2.45, 2.75) is 37.4 Å². The third-order valence-corrected chi connectivity index (χ3v) is 4.99. The highest BCUT2D eigenvalue weighted by Crippen LogP contribution is 2.19. The number of carbonyl (C=O) groups is 6. The molecule has 1 aromatic carbocycles. The molecule has 0 saturated heterocycles. The maximum atomic E-state index is 13.1. The number of H-pyrrole nitrogens is 1. The highest BCUT2D eigenvalue weighted by molar-refractivity contribution is 5.97. The summed E-state index contributed by atoms with van der Waals surface area (Å²) in [7, 11) is 0. The summed E-state index contributed by atoms with van der Waals surface area (Å²) in [6.07, 6.45) is 0.277. The summed E-state index contributed by atoms with van der Waals surface area (Å²) in [6.45, 7) is -0.406. The van der Waals surface area contributed by atoms with Gasteiger partial charge in [0.15, 0.2) is 0 Å². The van der Waals surface area contributed by atoms with Gasteiger partial charge in [0, 0.05) is 23.5 Å². The van der Waals surface area contributed by atoms with E-state index in [4.69, 9.17) is 17.2 Å². The molecule has 188 valence electrons. The fourth-order valence-electron chi connectivity index (χ4n) is 3.34. The van der Waals surface area contributed by atoms with Crippen LogP contribution < -0.4 is 33.2 Å². The maximum Gasteiger partial charge on any atom is 0.326 e. The van der Waals surface area contributed by atoms with E-state index in [1.807, 2.05) is 23.5 Å². The zero-order valence-corrected chi connectivity index (χ0v) is 18.6. The van der Waals surface area contributed by atoms with Crippen LogP contribution in [-0.2, 0) is 35.2 Å². The summed E-state index contributed by atoms with van der Waals surface area (Å²) in [6, 6.07) is 2.78. The van der Waals surface area contributed by atoms with Crippen molar-refractivity contribution in [1.29, 1.82) is 0 Å². The maximum absolute atomic E-state index is 13.1. The average Bonchev–Trinajstić information content (AvgIpc) is 3.19. The Labute approximate surface area is 198 Å². The van der Waals surface area contributed by atoms with E-state index >= 15 is 0 Å². The number of aliphatic carboxylic acids is 1. The third-order valence-electron chi connectivity index (χ3n) is 4.99. The van der Waals surface area contributed by atoms with Crippen molar-refractivity contribution in [3.05, 3.63) is 36.0 Å². The number of aromatic nitrogens is 1. The zero-order chi connectivity index (χ0) is 26.1. The molecule has 0 aliphatic carbocycles. The molecule has 14 nitrogen and oxygen atoms in total. The van der Waals surface area contributed by atoms with Crippen LogP contribution in [0.4, 0.5) is 0 Å². The number of fused-ring (bicyclic) bond motifs is 1. The molecule has 1 heterocycles. The van der Waals surface area contributed by atoms with Gasteiger partial charge in [-0.25, -0.2) is 4.79 Å². The quantitative estimate of drug-likeness (QED) is 0.143. The Morgan fingerprint density at radius 2 is 1.43 bits per heavy atom. The Balaban J connectivity index is 2.25. The minimum atomic E-state index is -1.69. The van der Waals surface area contributed by atoms with Gasteiger partial charge in [0.05, 0.1) is 19.4 Å². The smallest absolute Gasteiger partial charge is 0.326 e. The number of nitrogens with one attached hydrogen (secondary N) is 4. The lowest BCUT2D eigenvalue weighted by molar-refractivity contribution is -0.144. The molecule has 5 amide bonds. The Bertz CT molecular complexity index is 1130. The molecule has 0 spiro atoms. The van der Waals surface area contributed by atoms with Gasteiger partial charge in [0.1, 0.15) is 18.1 Å². The van der Waals surface area contributed by atoms with Gasteiger partial charge in [-0.1, -0.05) is 18.2 Å². The van der Waals surface area contributed by atoms with Crippen LogP contribution in [0, 0.1) is 0 Å². The minimum Gasteiger partial charge on any atom is -0.480 e. The van der Waals surface area contributed by atoms with E-state index in [0.29, 0.717) is 5.56 Å². The average molecular weight is 489 g/mol. The predicted molar refractivity (Wildman–Crippen MR) is 122 cm³/mol. The number of benzene rings is 1. The lowest BCUT2D eigenvalue weighted by Gasteiger charge is -2.23. The fraction of sp³-hybridized carbons (Fsp3) is 0.333. The van der Waals surface area contributed by atoms with Crippen molar-refractivity contribution < 1.29 is 33.9 Å². The summed E-state index contributed by atoms with van der Waals surface area (Å²) in [4.78, 5) is 74.6. The first-order valence-electron chi connectivity index (χ1n) is 10.5. The number of hydrogen-bond acceptors (Lipinski definition) is 7. The van der Waals surface area contributed by atoms with Crippen LogP contribution in [-0.4, -0.2) is 70.3 Å². The monoisotopic (exact) mass is 489 g/mol. The number of primary amides is 2. The predicted octanol–water partition coefficient (Wildman–Crippen LogP) is -3.04. The summed E-state index contributed by atoms with van der Waals surface area (Å²) in [5.41, 5.74) is 17.0. The Morgan fingerprint density at radius 3 is 2.03 bits per heavy atom. The SMILES string of the molecule is NCC(=O)NC(Cc1c[nH]c2ccccc12)C(=O)NC(CC(N)=O)C(=O)NC(CC(N)=O)C(=O)O. The highest BCUT2D eigenvalue weighted by atomic mass is 16.4.